The van der Waals surface area contributed by atoms with Gasteiger partial charge < -0.3 is 9.90 Å². The molecular weight excluding hydrogens is 215 g/mol. The standard InChI is InChI=1S/C7H4BrFO2/c8-5-2-1-4(7(10)11)3-6(5)9/h1-3H,(H,10,11)/p-1. The van der Waals surface area contributed by atoms with Gasteiger partial charge in [-0.05, 0) is 28.1 Å². The van der Waals surface area contributed by atoms with Crippen LogP contribution in [0, 0.1) is 5.82 Å². The predicted octanol–water partition coefficient (Wildman–Crippen LogP) is 0.952. The van der Waals surface area contributed by atoms with Crippen molar-refractivity contribution in [2.24, 2.45) is 0 Å². The summed E-state index contributed by atoms with van der Waals surface area (Å²) in [6, 6.07) is 3.49. The Balaban J connectivity index is 3.15. The molecule has 0 aromatic heterocycles. The fraction of sp³-hybridized carbons (Fsp3) is 0. The first-order valence-electron chi connectivity index (χ1n) is 2.77. The molecule has 1 aromatic rings. The highest BCUT2D eigenvalue weighted by Crippen LogP contribution is 2.15. The summed E-state index contributed by atoms with van der Waals surface area (Å²) in [6.45, 7) is 0. The molecule has 0 aliphatic heterocycles. The number of benzene rings is 1. The van der Waals surface area contributed by atoms with Crippen molar-refractivity contribution in [2.45, 2.75) is 0 Å². The molecule has 0 N–H and O–H groups in total. The number of carbonyl (C=O) groups excluding carboxylic acids is 1. The van der Waals surface area contributed by atoms with Crippen LogP contribution >= 0.6 is 15.9 Å². The van der Waals surface area contributed by atoms with Crippen molar-refractivity contribution in [2.75, 3.05) is 0 Å². The minimum Gasteiger partial charge on any atom is -0.545 e. The van der Waals surface area contributed by atoms with Gasteiger partial charge in [-0.25, -0.2) is 4.39 Å². The van der Waals surface area contributed by atoms with E-state index < -0.39 is 11.8 Å². The Kier molecular flexibility index (Phi) is 2.24. The molecule has 0 amide bonds. The van der Waals surface area contributed by atoms with Crippen LogP contribution in [-0.2, 0) is 0 Å². The van der Waals surface area contributed by atoms with E-state index in [2.05, 4.69) is 15.9 Å². The van der Waals surface area contributed by atoms with Gasteiger partial charge in [0.05, 0.1) is 10.4 Å². The Labute approximate surface area is 70.8 Å². The maximum absolute atomic E-state index is 12.6. The monoisotopic (exact) mass is 217 g/mol. The topological polar surface area (TPSA) is 40.1 Å². The van der Waals surface area contributed by atoms with Crippen molar-refractivity contribution in [3.63, 3.8) is 0 Å². The van der Waals surface area contributed by atoms with Crippen LogP contribution in [0.25, 0.3) is 0 Å². The van der Waals surface area contributed by atoms with Gasteiger partial charge >= 0.3 is 0 Å². The van der Waals surface area contributed by atoms with Crippen LogP contribution in [0.3, 0.4) is 0 Å². The average molecular weight is 218 g/mol. The van der Waals surface area contributed by atoms with Gasteiger partial charge in [-0.1, -0.05) is 6.07 Å². The molecule has 0 spiro atoms. The minimum atomic E-state index is -1.38. The summed E-state index contributed by atoms with van der Waals surface area (Å²) in [6.07, 6.45) is 0. The smallest absolute Gasteiger partial charge is 0.138 e. The lowest BCUT2D eigenvalue weighted by Gasteiger charge is -2.01. The van der Waals surface area contributed by atoms with Gasteiger partial charge in [0.25, 0.3) is 0 Å². The Morgan fingerprint density at radius 3 is 2.64 bits per heavy atom. The lowest BCUT2D eigenvalue weighted by Crippen LogP contribution is -2.22. The molecule has 1 rings (SSSR count). The van der Waals surface area contributed by atoms with Crippen molar-refractivity contribution >= 4 is 21.9 Å². The Morgan fingerprint density at radius 2 is 2.18 bits per heavy atom. The highest BCUT2D eigenvalue weighted by molar-refractivity contribution is 9.10. The van der Waals surface area contributed by atoms with Gasteiger partial charge in [0.1, 0.15) is 5.82 Å². The molecule has 0 unspecified atom stereocenters. The second-order valence-electron chi connectivity index (χ2n) is 1.92. The normalized spacial score (nSPS) is 9.64. The molecule has 0 radical (unpaired) electrons. The van der Waals surface area contributed by atoms with Gasteiger partial charge in [-0.15, -0.1) is 0 Å². The summed E-state index contributed by atoms with van der Waals surface area (Å²) in [7, 11) is 0. The van der Waals surface area contributed by atoms with Crippen LogP contribution in [0.15, 0.2) is 22.7 Å². The largest absolute Gasteiger partial charge is 0.545 e. The van der Waals surface area contributed by atoms with Crippen molar-refractivity contribution in [1.29, 1.82) is 0 Å². The number of carboxylic acid groups (broad SMARTS) is 1. The number of halogens is 2. The number of carboxylic acids is 1. The third-order valence-electron chi connectivity index (χ3n) is 1.16. The number of carbonyl (C=O) groups is 1. The first kappa shape index (κ1) is 8.20. The van der Waals surface area contributed by atoms with Crippen LogP contribution in [0.1, 0.15) is 10.4 Å². The van der Waals surface area contributed by atoms with Crippen LogP contribution in [0.2, 0.25) is 0 Å². The van der Waals surface area contributed by atoms with Gasteiger partial charge in [-0.3, -0.25) is 0 Å². The number of hydrogen-bond acceptors (Lipinski definition) is 2. The molecule has 0 fully saturated rings. The van der Waals surface area contributed by atoms with E-state index in [0.717, 1.165) is 6.07 Å². The Hall–Kier alpha value is -0.900. The summed E-state index contributed by atoms with van der Waals surface area (Å²) in [5.41, 5.74) is -0.161. The minimum absolute atomic E-state index is 0.161. The fourth-order valence-corrected chi connectivity index (χ4v) is 0.870. The van der Waals surface area contributed by atoms with E-state index in [-0.39, 0.29) is 10.0 Å². The fourth-order valence-electron chi connectivity index (χ4n) is 0.623. The van der Waals surface area contributed by atoms with Crippen molar-refractivity contribution < 1.29 is 14.3 Å². The quantitative estimate of drug-likeness (QED) is 0.703. The van der Waals surface area contributed by atoms with E-state index in [9.17, 15) is 14.3 Å². The summed E-state index contributed by atoms with van der Waals surface area (Å²) < 4.78 is 12.8. The van der Waals surface area contributed by atoms with Crippen molar-refractivity contribution in [3.8, 4) is 0 Å². The van der Waals surface area contributed by atoms with Crippen LogP contribution in [0.5, 0.6) is 0 Å². The van der Waals surface area contributed by atoms with Gasteiger partial charge in [0.2, 0.25) is 0 Å². The zero-order chi connectivity index (χ0) is 8.43. The van der Waals surface area contributed by atoms with E-state index in [0.29, 0.717) is 0 Å². The van der Waals surface area contributed by atoms with E-state index in [4.69, 9.17) is 0 Å². The van der Waals surface area contributed by atoms with E-state index in [1.54, 1.807) is 0 Å². The molecule has 4 heteroatoms. The Morgan fingerprint density at radius 1 is 1.55 bits per heavy atom. The predicted molar refractivity (Wildman–Crippen MR) is 38.4 cm³/mol. The maximum Gasteiger partial charge on any atom is 0.138 e. The van der Waals surface area contributed by atoms with Crippen LogP contribution in [-0.4, -0.2) is 5.97 Å². The molecular formula is C7H3BrFO2-. The lowest BCUT2D eigenvalue weighted by molar-refractivity contribution is -0.255. The number of hydrogen-bond donors (Lipinski definition) is 0. The molecule has 0 heterocycles. The summed E-state index contributed by atoms with van der Waals surface area (Å²) >= 11 is 2.89. The SMILES string of the molecule is O=C([O-])c1ccc(Br)c(F)c1. The van der Waals surface area contributed by atoms with E-state index in [1.165, 1.54) is 12.1 Å². The molecule has 58 valence electrons. The van der Waals surface area contributed by atoms with E-state index in [1.807, 2.05) is 0 Å². The van der Waals surface area contributed by atoms with Gasteiger partial charge in [0, 0.05) is 5.56 Å². The maximum atomic E-state index is 12.6. The third-order valence-corrected chi connectivity index (χ3v) is 1.80. The second kappa shape index (κ2) is 3.00. The summed E-state index contributed by atoms with van der Waals surface area (Å²) in [5, 5.41) is 10.2. The summed E-state index contributed by atoms with van der Waals surface area (Å²) in [5.74, 6) is -1.98. The van der Waals surface area contributed by atoms with Crippen LogP contribution in [0.4, 0.5) is 4.39 Å². The first-order valence-corrected chi connectivity index (χ1v) is 3.57. The number of aromatic carboxylic acids is 1. The average Bonchev–Trinajstić information content (AvgIpc) is 1.94. The number of rotatable bonds is 1. The summed E-state index contributed by atoms with van der Waals surface area (Å²) in [4.78, 5) is 10.2. The molecule has 2 nitrogen and oxygen atoms in total. The first-order chi connectivity index (χ1) is 5.11. The molecule has 1 aromatic carbocycles. The van der Waals surface area contributed by atoms with Crippen LogP contribution < -0.4 is 5.11 Å². The molecule has 0 atom stereocenters. The zero-order valence-electron chi connectivity index (χ0n) is 5.30. The third kappa shape index (κ3) is 1.77. The molecule has 0 aliphatic carbocycles. The molecule has 0 saturated carbocycles. The van der Waals surface area contributed by atoms with Gasteiger partial charge in [0.15, 0.2) is 0 Å². The lowest BCUT2D eigenvalue weighted by atomic mass is 10.2. The molecule has 0 bridgehead atoms. The molecule has 0 aliphatic rings. The highest BCUT2D eigenvalue weighted by Gasteiger charge is 1.99. The highest BCUT2D eigenvalue weighted by atomic mass is 79.9. The van der Waals surface area contributed by atoms with Crippen molar-refractivity contribution in [1.82, 2.24) is 0 Å². The van der Waals surface area contributed by atoms with Crippen molar-refractivity contribution in [3.05, 3.63) is 34.1 Å². The molecule has 11 heavy (non-hydrogen) atoms. The second-order valence-corrected chi connectivity index (χ2v) is 2.77. The molecule has 0 saturated heterocycles. The van der Waals surface area contributed by atoms with E-state index >= 15 is 0 Å². The van der Waals surface area contributed by atoms with Gasteiger partial charge in [-0.2, -0.15) is 0 Å². The zero-order valence-corrected chi connectivity index (χ0v) is 6.89. The Bertz CT molecular complexity index is 298.